The first-order chi connectivity index (χ1) is 12.8. The second kappa shape index (κ2) is 7.64. The van der Waals surface area contributed by atoms with Crippen molar-refractivity contribution in [2.75, 3.05) is 19.0 Å². The van der Waals surface area contributed by atoms with Gasteiger partial charge in [0.25, 0.3) is 5.56 Å². The Bertz CT molecular complexity index is 912. The number of anilines is 1. The van der Waals surface area contributed by atoms with Crippen molar-refractivity contribution in [3.8, 4) is 0 Å². The van der Waals surface area contributed by atoms with Gasteiger partial charge in [0.05, 0.1) is 6.61 Å². The highest BCUT2D eigenvalue weighted by Crippen LogP contribution is 2.35. The van der Waals surface area contributed by atoms with Gasteiger partial charge in [-0.25, -0.2) is 4.98 Å². The molecule has 3 heterocycles. The van der Waals surface area contributed by atoms with Gasteiger partial charge >= 0.3 is 0 Å². The van der Waals surface area contributed by atoms with E-state index in [1.807, 2.05) is 0 Å². The molecule has 0 radical (unpaired) electrons. The number of amides is 1. The number of aliphatic hydroxyl groups excluding tert-OH is 2. The van der Waals surface area contributed by atoms with Gasteiger partial charge in [-0.2, -0.15) is 4.98 Å². The van der Waals surface area contributed by atoms with E-state index in [0.717, 1.165) is 0 Å². The lowest BCUT2D eigenvalue weighted by Crippen LogP contribution is -2.34. The number of hydrogen-bond donors (Lipinski definition) is 4. The summed E-state index contributed by atoms with van der Waals surface area (Å²) in [6.07, 6.45) is -3.68. The number of carbonyl (C=O) groups is 1. The number of nitrogens with zero attached hydrogens (tertiary/aromatic N) is 3. The van der Waals surface area contributed by atoms with Gasteiger partial charge in [-0.1, -0.05) is 13.8 Å². The van der Waals surface area contributed by atoms with E-state index >= 15 is 0 Å². The molecule has 2 aromatic rings. The summed E-state index contributed by atoms with van der Waals surface area (Å²) in [4.78, 5) is 35.2. The van der Waals surface area contributed by atoms with Gasteiger partial charge in [-0.15, -0.1) is 0 Å². The van der Waals surface area contributed by atoms with Crippen LogP contribution in [0.25, 0.3) is 11.2 Å². The second-order valence-corrected chi connectivity index (χ2v) is 7.13. The predicted molar refractivity (Wildman–Crippen MR) is 97.1 cm³/mol. The minimum atomic E-state index is -1.09. The molecule has 0 aromatic carbocycles. The Balaban J connectivity index is 2.10. The number of aliphatic hydroxyl groups is 2. The lowest BCUT2D eigenvalue weighted by atomic mass is 10.1. The zero-order chi connectivity index (χ0) is 19.9. The molecule has 1 saturated heterocycles. The fraction of sp³-hybridized carbons (Fsp3) is 0.600. The number of halogens is 1. The van der Waals surface area contributed by atoms with Crippen molar-refractivity contribution >= 4 is 38.9 Å². The summed E-state index contributed by atoms with van der Waals surface area (Å²) in [5.41, 5.74) is -0.406. The zero-order valence-corrected chi connectivity index (χ0v) is 16.4. The Kier molecular flexibility index (Phi) is 5.63. The van der Waals surface area contributed by atoms with Crippen LogP contribution in [-0.4, -0.2) is 67.7 Å². The molecule has 4 N–H and O–H groups in total. The Morgan fingerprint density at radius 2 is 2.19 bits per heavy atom. The molecule has 0 unspecified atom stereocenters. The van der Waals surface area contributed by atoms with Crippen molar-refractivity contribution in [3.63, 3.8) is 0 Å². The largest absolute Gasteiger partial charge is 0.394 e. The molecule has 3 rings (SSSR count). The second-order valence-electron chi connectivity index (χ2n) is 6.42. The number of rotatable bonds is 5. The lowest BCUT2D eigenvalue weighted by molar-refractivity contribution is -0.118. The molecule has 1 fully saturated rings. The third kappa shape index (κ3) is 3.50. The van der Waals surface area contributed by atoms with Crippen molar-refractivity contribution < 1.29 is 24.5 Å². The maximum atomic E-state index is 12.4. The average molecular weight is 446 g/mol. The highest BCUT2D eigenvalue weighted by molar-refractivity contribution is 9.10. The average Bonchev–Trinajstić information content (AvgIpc) is 3.10. The van der Waals surface area contributed by atoms with Crippen LogP contribution in [-0.2, 0) is 14.3 Å². The lowest BCUT2D eigenvalue weighted by Gasteiger charge is -2.20. The first-order valence-corrected chi connectivity index (χ1v) is 9.03. The first-order valence-electron chi connectivity index (χ1n) is 8.24. The van der Waals surface area contributed by atoms with E-state index in [-0.39, 0.29) is 33.7 Å². The van der Waals surface area contributed by atoms with Crippen LogP contribution in [0, 0.1) is 5.92 Å². The summed E-state index contributed by atoms with van der Waals surface area (Å²) >= 11 is 3.26. The van der Waals surface area contributed by atoms with Gasteiger partial charge in [0.15, 0.2) is 22.1 Å². The first kappa shape index (κ1) is 19.9. The van der Waals surface area contributed by atoms with Crippen LogP contribution in [0.5, 0.6) is 0 Å². The summed E-state index contributed by atoms with van der Waals surface area (Å²) in [5, 5.41) is 22.2. The number of hydrogen-bond acceptors (Lipinski definition) is 8. The van der Waals surface area contributed by atoms with Gasteiger partial charge in [-0.05, 0) is 15.9 Å². The van der Waals surface area contributed by atoms with Crippen LogP contribution in [0.2, 0.25) is 0 Å². The molecule has 27 heavy (non-hydrogen) atoms. The number of carbonyl (C=O) groups excluding carboxylic acids is 1. The molecule has 0 bridgehead atoms. The maximum Gasteiger partial charge on any atom is 0.280 e. The number of nitrogens with one attached hydrogen (secondary N) is 2. The summed E-state index contributed by atoms with van der Waals surface area (Å²) < 4.78 is 12.7. The molecule has 12 heteroatoms. The minimum absolute atomic E-state index is 0.0183. The van der Waals surface area contributed by atoms with E-state index < -0.39 is 36.7 Å². The van der Waals surface area contributed by atoms with Crippen molar-refractivity contribution in [1.82, 2.24) is 19.5 Å². The fourth-order valence-electron chi connectivity index (χ4n) is 2.83. The quantitative estimate of drug-likeness (QED) is 0.459. The molecule has 1 aliphatic rings. The monoisotopic (exact) mass is 445 g/mol. The van der Waals surface area contributed by atoms with Gasteiger partial charge in [-0.3, -0.25) is 24.5 Å². The van der Waals surface area contributed by atoms with E-state index in [1.54, 1.807) is 13.8 Å². The third-order valence-electron chi connectivity index (χ3n) is 4.29. The highest BCUT2D eigenvalue weighted by Gasteiger charge is 2.46. The van der Waals surface area contributed by atoms with Crippen LogP contribution in [0.4, 0.5) is 5.95 Å². The Morgan fingerprint density at radius 3 is 2.78 bits per heavy atom. The number of fused-ring (bicyclic) bond motifs is 1. The molecule has 0 spiro atoms. The fourth-order valence-corrected chi connectivity index (χ4v) is 3.38. The molecule has 0 aliphatic carbocycles. The van der Waals surface area contributed by atoms with Gasteiger partial charge < -0.3 is 19.7 Å². The van der Waals surface area contributed by atoms with Crippen molar-refractivity contribution in [3.05, 3.63) is 15.1 Å². The summed E-state index contributed by atoms with van der Waals surface area (Å²) in [5.74, 6) is -0.657. The Hall–Kier alpha value is -1.86. The molecule has 4 atom stereocenters. The molecule has 11 nitrogen and oxygen atoms in total. The van der Waals surface area contributed by atoms with E-state index in [0.29, 0.717) is 0 Å². The van der Waals surface area contributed by atoms with Crippen molar-refractivity contribution in [1.29, 1.82) is 0 Å². The summed E-state index contributed by atoms with van der Waals surface area (Å²) in [7, 11) is 1.39. The van der Waals surface area contributed by atoms with E-state index in [2.05, 4.69) is 36.2 Å². The minimum Gasteiger partial charge on any atom is -0.394 e. The van der Waals surface area contributed by atoms with Gasteiger partial charge in [0.2, 0.25) is 11.9 Å². The normalized spacial score (nSPS) is 25.4. The van der Waals surface area contributed by atoms with E-state index in [4.69, 9.17) is 9.47 Å². The van der Waals surface area contributed by atoms with Crippen LogP contribution in [0.15, 0.2) is 9.53 Å². The maximum absolute atomic E-state index is 12.4. The Labute approximate surface area is 161 Å². The highest BCUT2D eigenvalue weighted by atomic mass is 79.9. The van der Waals surface area contributed by atoms with Crippen molar-refractivity contribution in [2.24, 2.45) is 5.92 Å². The smallest absolute Gasteiger partial charge is 0.280 e. The van der Waals surface area contributed by atoms with E-state index in [1.165, 1.54) is 11.7 Å². The summed E-state index contributed by atoms with van der Waals surface area (Å²) in [6.45, 7) is 3.00. The summed E-state index contributed by atoms with van der Waals surface area (Å²) in [6, 6.07) is 0. The number of H-pyrrole nitrogens is 1. The molecular weight excluding hydrogens is 426 g/mol. The molecule has 0 saturated carbocycles. The number of aromatic amines is 1. The molecular formula is C15H20BrN5O6. The topological polar surface area (TPSA) is 152 Å². The van der Waals surface area contributed by atoms with Gasteiger partial charge in [0, 0.05) is 13.0 Å². The Morgan fingerprint density at radius 1 is 1.48 bits per heavy atom. The number of ether oxygens (including phenoxy) is 2. The predicted octanol–water partition coefficient (Wildman–Crippen LogP) is -0.258. The third-order valence-corrected chi connectivity index (χ3v) is 4.85. The molecule has 148 valence electrons. The number of imidazole rings is 1. The molecule has 2 aromatic heterocycles. The van der Waals surface area contributed by atoms with Crippen LogP contribution < -0.4 is 10.9 Å². The van der Waals surface area contributed by atoms with Crippen LogP contribution in [0.1, 0.15) is 20.1 Å². The number of aromatic nitrogens is 4. The standard InChI is InChI=1S/C15H20BrN5O6/c1-5(2)11(24)19-15-18-10-7(12(25)20-15)17-14(16)21(10)13-9(26-3)8(23)6(4-22)27-13/h5-6,8-9,13,22-23H,4H2,1-3H3,(H2,18,19,20,24,25)/t6-,8-,9-,13-/m1/s1. The number of methoxy groups -OCH3 is 1. The molecule has 1 aliphatic heterocycles. The van der Waals surface area contributed by atoms with E-state index in [9.17, 15) is 19.8 Å². The van der Waals surface area contributed by atoms with Crippen molar-refractivity contribution in [2.45, 2.75) is 38.4 Å². The van der Waals surface area contributed by atoms with Gasteiger partial charge in [0.1, 0.15) is 18.3 Å². The van der Waals surface area contributed by atoms with Crippen LogP contribution >= 0.6 is 15.9 Å². The molecule has 1 amide bonds. The SMILES string of the molecule is CO[C@@H]1[C@H](O)[C@@H](CO)O[C@H]1n1c(Br)nc2c(=O)[nH]c(NC(=O)C(C)C)nc21. The van der Waals surface area contributed by atoms with Crippen LogP contribution in [0.3, 0.4) is 0 Å². The zero-order valence-electron chi connectivity index (χ0n) is 14.8.